The van der Waals surface area contributed by atoms with E-state index in [-0.39, 0.29) is 11.3 Å². The van der Waals surface area contributed by atoms with Crippen molar-refractivity contribution in [2.75, 3.05) is 0 Å². The average Bonchev–Trinajstić information content (AvgIpc) is 2.66. The van der Waals surface area contributed by atoms with E-state index in [2.05, 4.69) is 38.1 Å². The molecule has 0 spiro atoms. The van der Waals surface area contributed by atoms with E-state index < -0.39 is 0 Å². The molecule has 0 fully saturated rings. The molecule has 0 aliphatic carbocycles. The van der Waals surface area contributed by atoms with Crippen molar-refractivity contribution in [3.05, 3.63) is 76.9 Å². The molecular formula is C19H17NO. The van der Waals surface area contributed by atoms with Gasteiger partial charge in [0.25, 0.3) is 5.91 Å². The van der Waals surface area contributed by atoms with E-state index in [0.29, 0.717) is 6.54 Å². The maximum absolute atomic E-state index is 12.7. The fourth-order valence-corrected chi connectivity index (χ4v) is 3.48. The topological polar surface area (TPSA) is 20.3 Å². The lowest BCUT2D eigenvalue weighted by Gasteiger charge is -2.22. The Bertz CT molecular complexity index is 786. The Morgan fingerprint density at radius 1 is 0.952 bits per heavy atom. The Kier molecular flexibility index (Phi) is 2.41. The maximum atomic E-state index is 12.7. The SMILES string of the molecule is CC1(C)C=C2c3ccccc3C(=O)N2Cc2ccccc21. The lowest BCUT2D eigenvalue weighted by atomic mass is 9.81. The van der Waals surface area contributed by atoms with Gasteiger partial charge in [-0.25, -0.2) is 0 Å². The molecule has 104 valence electrons. The number of benzene rings is 2. The van der Waals surface area contributed by atoms with Gasteiger partial charge in [0.15, 0.2) is 0 Å². The summed E-state index contributed by atoms with van der Waals surface area (Å²) in [5, 5.41) is 0. The third kappa shape index (κ3) is 1.69. The molecule has 2 aliphatic rings. The van der Waals surface area contributed by atoms with Gasteiger partial charge in [-0.2, -0.15) is 0 Å². The van der Waals surface area contributed by atoms with Gasteiger partial charge >= 0.3 is 0 Å². The van der Waals surface area contributed by atoms with Crippen LogP contribution in [0.4, 0.5) is 0 Å². The highest BCUT2D eigenvalue weighted by atomic mass is 16.2. The predicted octanol–water partition coefficient (Wildman–Crippen LogP) is 3.97. The molecule has 2 heterocycles. The standard InChI is InChI=1S/C19H17NO/c1-19(2)11-17-14-8-4-5-9-15(14)18(21)20(17)12-13-7-3-6-10-16(13)19/h3-11H,12H2,1-2H3. The lowest BCUT2D eigenvalue weighted by Crippen LogP contribution is -2.22. The molecule has 0 bridgehead atoms. The monoisotopic (exact) mass is 275 g/mol. The summed E-state index contributed by atoms with van der Waals surface area (Å²) in [7, 11) is 0. The third-order valence-corrected chi connectivity index (χ3v) is 4.51. The zero-order chi connectivity index (χ0) is 14.6. The number of fused-ring (bicyclic) bond motifs is 4. The van der Waals surface area contributed by atoms with Gasteiger partial charge in [0, 0.05) is 22.2 Å². The van der Waals surface area contributed by atoms with E-state index in [1.54, 1.807) is 0 Å². The molecule has 0 atom stereocenters. The maximum Gasteiger partial charge on any atom is 0.259 e. The second-order valence-electron chi connectivity index (χ2n) is 6.35. The van der Waals surface area contributed by atoms with Crippen molar-refractivity contribution in [2.45, 2.75) is 25.8 Å². The first-order chi connectivity index (χ1) is 10.1. The van der Waals surface area contributed by atoms with E-state index in [1.165, 1.54) is 11.1 Å². The Hall–Kier alpha value is -2.35. The van der Waals surface area contributed by atoms with Crippen LogP contribution in [-0.2, 0) is 12.0 Å². The lowest BCUT2D eigenvalue weighted by molar-refractivity contribution is 0.0843. The van der Waals surface area contributed by atoms with Crippen LogP contribution in [0.3, 0.4) is 0 Å². The quantitative estimate of drug-likeness (QED) is 0.712. The smallest absolute Gasteiger partial charge is 0.259 e. The first kappa shape index (κ1) is 12.4. The van der Waals surface area contributed by atoms with Crippen LogP contribution in [0.5, 0.6) is 0 Å². The second kappa shape index (κ2) is 4.08. The predicted molar refractivity (Wildman–Crippen MR) is 83.8 cm³/mol. The van der Waals surface area contributed by atoms with Crippen LogP contribution in [0.2, 0.25) is 0 Å². The van der Waals surface area contributed by atoms with Gasteiger partial charge in [0.1, 0.15) is 0 Å². The van der Waals surface area contributed by atoms with Crippen molar-refractivity contribution < 1.29 is 4.79 Å². The van der Waals surface area contributed by atoms with Gasteiger partial charge in [0.2, 0.25) is 0 Å². The fraction of sp³-hybridized carbons (Fsp3) is 0.211. The number of carbonyl (C=O) groups excluding carboxylic acids is 1. The highest BCUT2D eigenvalue weighted by Gasteiger charge is 2.37. The van der Waals surface area contributed by atoms with E-state index in [0.717, 1.165) is 16.8 Å². The van der Waals surface area contributed by atoms with Gasteiger partial charge in [-0.05, 0) is 23.3 Å². The van der Waals surface area contributed by atoms with Crippen molar-refractivity contribution in [3.63, 3.8) is 0 Å². The summed E-state index contributed by atoms with van der Waals surface area (Å²) >= 11 is 0. The molecule has 2 aromatic carbocycles. The first-order valence-electron chi connectivity index (χ1n) is 7.30. The zero-order valence-corrected chi connectivity index (χ0v) is 12.3. The molecule has 2 nitrogen and oxygen atoms in total. The Balaban J connectivity index is 1.98. The summed E-state index contributed by atoms with van der Waals surface area (Å²) in [6, 6.07) is 16.3. The number of nitrogens with zero attached hydrogens (tertiary/aromatic N) is 1. The van der Waals surface area contributed by atoms with Crippen LogP contribution >= 0.6 is 0 Å². The van der Waals surface area contributed by atoms with Crippen molar-refractivity contribution in [1.29, 1.82) is 0 Å². The number of carbonyl (C=O) groups is 1. The molecule has 0 aromatic heterocycles. The van der Waals surface area contributed by atoms with Crippen molar-refractivity contribution >= 4 is 11.6 Å². The fourth-order valence-electron chi connectivity index (χ4n) is 3.48. The van der Waals surface area contributed by atoms with E-state index >= 15 is 0 Å². The highest BCUT2D eigenvalue weighted by molar-refractivity contribution is 6.09. The molecule has 1 amide bonds. The van der Waals surface area contributed by atoms with Crippen molar-refractivity contribution in [3.8, 4) is 0 Å². The second-order valence-corrected chi connectivity index (χ2v) is 6.35. The normalized spacial score (nSPS) is 18.5. The van der Waals surface area contributed by atoms with E-state index in [1.807, 2.05) is 35.2 Å². The molecular weight excluding hydrogens is 258 g/mol. The summed E-state index contributed by atoms with van der Waals surface area (Å²) in [4.78, 5) is 14.6. The Morgan fingerprint density at radius 2 is 1.62 bits per heavy atom. The summed E-state index contributed by atoms with van der Waals surface area (Å²) in [6.45, 7) is 5.08. The van der Waals surface area contributed by atoms with E-state index in [9.17, 15) is 4.79 Å². The largest absolute Gasteiger partial charge is 0.304 e. The third-order valence-electron chi connectivity index (χ3n) is 4.51. The van der Waals surface area contributed by atoms with Gasteiger partial charge in [-0.3, -0.25) is 4.79 Å². The Morgan fingerprint density at radius 3 is 2.43 bits per heavy atom. The molecule has 0 saturated carbocycles. The molecule has 21 heavy (non-hydrogen) atoms. The highest BCUT2D eigenvalue weighted by Crippen LogP contribution is 2.41. The zero-order valence-electron chi connectivity index (χ0n) is 12.3. The molecule has 0 radical (unpaired) electrons. The van der Waals surface area contributed by atoms with E-state index in [4.69, 9.17) is 0 Å². The molecule has 2 aromatic rings. The number of hydrogen-bond donors (Lipinski definition) is 0. The van der Waals surface area contributed by atoms with Crippen LogP contribution in [0.15, 0.2) is 54.6 Å². The minimum atomic E-state index is -0.0849. The molecule has 0 saturated heterocycles. The summed E-state index contributed by atoms with van der Waals surface area (Å²) in [6.07, 6.45) is 2.24. The molecule has 2 aliphatic heterocycles. The summed E-state index contributed by atoms with van der Waals surface area (Å²) in [5.74, 6) is 0.115. The number of allylic oxidation sites excluding steroid dienone is 1. The number of hydrogen-bond acceptors (Lipinski definition) is 1. The average molecular weight is 275 g/mol. The molecule has 2 heteroatoms. The van der Waals surface area contributed by atoms with Crippen molar-refractivity contribution in [2.24, 2.45) is 0 Å². The number of rotatable bonds is 0. The van der Waals surface area contributed by atoms with Crippen LogP contribution in [0, 0.1) is 0 Å². The van der Waals surface area contributed by atoms with Crippen LogP contribution in [0.1, 0.15) is 40.9 Å². The van der Waals surface area contributed by atoms with Gasteiger partial charge < -0.3 is 4.90 Å². The van der Waals surface area contributed by atoms with Gasteiger partial charge in [-0.1, -0.05) is 56.3 Å². The summed E-state index contributed by atoms with van der Waals surface area (Å²) < 4.78 is 0. The minimum Gasteiger partial charge on any atom is -0.304 e. The molecule has 0 N–H and O–H groups in total. The van der Waals surface area contributed by atoms with Crippen LogP contribution in [0.25, 0.3) is 5.70 Å². The first-order valence-corrected chi connectivity index (χ1v) is 7.30. The molecule has 0 unspecified atom stereocenters. The van der Waals surface area contributed by atoms with Gasteiger partial charge in [0.05, 0.1) is 6.54 Å². The van der Waals surface area contributed by atoms with Crippen LogP contribution < -0.4 is 0 Å². The Labute approximate surface area is 124 Å². The number of amides is 1. The van der Waals surface area contributed by atoms with Crippen LogP contribution in [-0.4, -0.2) is 10.8 Å². The minimum absolute atomic E-state index is 0.0849. The van der Waals surface area contributed by atoms with Gasteiger partial charge in [-0.15, -0.1) is 0 Å². The molecule has 4 rings (SSSR count). The summed E-state index contributed by atoms with van der Waals surface area (Å²) in [5.41, 5.74) is 5.38. The van der Waals surface area contributed by atoms with Crippen molar-refractivity contribution in [1.82, 2.24) is 4.90 Å².